The van der Waals surface area contributed by atoms with Crippen LogP contribution in [0.25, 0.3) is 0 Å². The van der Waals surface area contributed by atoms with Crippen LogP contribution in [0, 0.1) is 5.41 Å². The van der Waals surface area contributed by atoms with Crippen molar-refractivity contribution in [3.05, 3.63) is 24.3 Å². The van der Waals surface area contributed by atoms with Gasteiger partial charge in [-0.1, -0.05) is 26.0 Å². The van der Waals surface area contributed by atoms with Crippen LogP contribution in [0.4, 0.5) is 0 Å². The molecule has 4 nitrogen and oxygen atoms in total. The first kappa shape index (κ1) is 12.4. The van der Waals surface area contributed by atoms with Crippen LogP contribution in [0.5, 0.6) is 0 Å². The molecule has 0 unspecified atom stereocenters. The molecule has 0 spiro atoms. The van der Waals surface area contributed by atoms with Crippen LogP contribution >= 0.6 is 0 Å². The summed E-state index contributed by atoms with van der Waals surface area (Å²) >= 11 is 0. The number of hydrogen-bond donors (Lipinski definition) is 2. The van der Waals surface area contributed by atoms with E-state index in [1.54, 1.807) is 12.2 Å². The number of allylic oxidation sites excluding steroid dienone is 2. The lowest BCUT2D eigenvalue weighted by Gasteiger charge is -2.16. The Bertz CT molecular complexity index is 278. The molecule has 0 aliphatic carbocycles. The van der Waals surface area contributed by atoms with E-state index in [0.29, 0.717) is 6.42 Å². The highest BCUT2D eigenvalue weighted by Gasteiger charge is 2.11. The van der Waals surface area contributed by atoms with Crippen LogP contribution in [0.15, 0.2) is 24.3 Å². The lowest BCUT2D eigenvalue weighted by molar-refractivity contribution is -0.114. The minimum Gasteiger partial charge on any atom is -0.366 e. The van der Waals surface area contributed by atoms with Crippen molar-refractivity contribution in [1.82, 2.24) is 0 Å². The topological polar surface area (TPSA) is 86.2 Å². The van der Waals surface area contributed by atoms with E-state index >= 15 is 0 Å². The number of rotatable bonds is 5. The highest BCUT2D eigenvalue weighted by atomic mass is 16.1. The van der Waals surface area contributed by atoms with Crippen molar-refractivity contribution in [3.8, 4) is 0 Å². The van der Waals surface area contributed by atoms with Gasteiger partial charge in [-0.05, 0) is 24.0 Å². The minimum atomic E-state index is -0.475. The number of carbonyl (C=O) groups is 2. The van der Waals surface area contributed by atoms with Gasteiger partial charge in [-0.3, -0.25) is 9.59 Å². The first-order valence-corrected chi connectivity index (χ1v) is 4.28. The third kappa shape index (κ3) is 7.09. The van der Waals surface area contributed by atoms with E-state index in [4.69, 9.17) is 11.5 Å². The maximum atomic E-state index is 10.5. The molecule has 0 heterocycles. The average molecular weight is 196 g/mol. The molecule has 14 heavy (non-hydrogen) atoms. The van der Waals surface area contributed by atoms with Gasteiger partial charge in [0.25, 0.3) is 0 Å². The largest absolute Gasteiger partial charge is 0.366 e. The Morgan fingerprint density at radius 3 is 2.07 bits per heavy atom. The van der Waals surface area contributed by atoms with Crippen molar-refractivity contribution in [1.29, 1.82) is 0 Å². The van der Waals surface area contributed by atoms with Crippen molar-refractivity contribution >= 4 is 11.8 Å². The second kappa shape index (κ2) is 5.21. The Morgan fingerprint density at radius 2 is 1.64 bits per heavy atom. The van der Waals surface area contributed by atoms with Gasteiger partial charge in [0.15, 0.2) is 0 Å². The van der Waals surface area contributed by atoms with Gasteiger partial charge in [-0.2, -0.15) is 0 Å². The van der Waals surface area contributed by atoms with E-state index in [2.05, 4.69) is 0 Å². The monoisotopic (exact) mass is 196 g/mol. The summed E-state index contributed by atoms with van der Waals surface area (Å²) in [7, 11) is 0. The fraction of sp³-hybridized carbons (Fsp3) is 0.400. The number of hydrogen-bond acceptors (Lipinski definition) is 2. The number of carbonyl (C=O) groups excluding carboxylic acids is 2. The summed E-state index contributed by atoms with van der Waals surface area (Å²) in [5.74, 6) is -0.948. The first-order chi connectivity index (χ1) is 6.33. The van der Waals surface area contributed by atoms with Crippen molar-refractivity contribution in [2.75, 3.05) is 0 Å². The molecule has 4 N–H and O–H groups in total. The quantitative estimate of drug-likeness (QED) is 0.627. The van der Waals surface area contributed by atoms with Crippen molar-refractivity contribution in [2.45, 2.75) is 20.3 Å². The van der Waals surface area contributed by atoms with Crippen LogP contribution in [-0.2, 0) is 9.59 Å². The SMILES string of the molecule is CC(C)(C=CC(N)=O)CC=CC(N)=O. The molecule has 0 atom stereocenters. The summed E-state index contributed by atoms with van der Waals surface area (Å²) < 4.78 is 0. The van der Waals surface area contributed by atoms with E-state index in [-0.39, 0.29) is 5.41 Å². The van der Waals surface area contributed by atoms with Gasteiger partial charge in [0.2, 0.25) is 11.8 Å². The molecule has 0 aromatic carbocycles. The zero-order chi connectivity index (χ0) is 11.2. The molecular weight excluding hydrogens is 180 g/mol. The Balaban J connectivity index is 4.20. The summed E-state index contributed by atoms with van der Waals surface area (Å²) in [6, 6.07) is 0. The smallest absolute Gasteiger partial charge is 0.241 e. The summed E-state index contributed by atoms with van der Waals surface area (Å²) in [5.41, 5.74) is 9.68. The molecular formula is C10H16N2O2. The normalized spacial score (nSPS) is 12.4. The van der Waals surface area contributed by atoms with E-state index in [9.17, 15) is 9.59 Å². The van der Waals surface area contributed by atoms with Gasteiger partial charge < -0.3 is 11.5 Å². The van der Waals surface area contributed by atoms with E-state index < -0.39 is 11.8 Å². The molecule has 0 fully saturated rings. The molecule has 0 aromatic rings. The highest BCUT2D eigenvalue weighted by Crippen LogP contribution is 2.22. The van der Waals surface area contributed by atoms with Crippen molar-refractivity contribution < 1.29 is 9.59 Å². The zero-order valence-corrected chi connectivity index (χ0v) is 8.49. The number of amides is 2. The van der Waals surface area contributed by atoms with E-state index in [1.165, 1.54) is 12.2 Å². The summed E-state index contributed by atoms with van der Waals surface area (Å²) in [6.07, 6.45) is 6.63. The van der Waals surface area contributed by atoms with Crippen LogP contribution in [0.2, 0.25) is 0 Å². The van der Waals surface area contributed by atoms with E-state index in [1.807, 2.05) is 13.8 Å². The first-order valence-electron chi connectivity index (χ1n) is 4.28. The lowest BCUT2D eigenvalue weighted by Crippen LogP contribution is -2.11. The van der Waals surface area contributed by atoms with E-state index in [0.717, 1.165) is 0 Å². The molecule has 78 valence electrons. The van der Waals surface area contributed by atoms with Gasteiger partial charge in [0.1, 0.15) is 0 Å². The maximum Gasteiger partial charge on any atom is 0.241 e. The third-order valence-electron chi connectivity index (χ3n) is 1.62. The summed E-state index contributed by atoms with van der Waals surface area (Å²) in [4.78, 5) is 20.9. The van der Waals surface area contributed by atoms with Gasteiger partial charge in [-0.25, -0.2) is 0 Å². The third-order valence-corrected chi connectivity index (χ3v) is 1.62. The number of nitrogens with two attached hydrogens (primary N) is 2. The molecule has 0 rings (SSSR count). The standard InChI is InChI=1S/C10H16N2O2/c1-10(2,7-5-9(12)14)6-3-4-8(11)13/h3-5,7H,6H2,1-2H3,(H2,11,13)(H2,12,14). The zero-order valence-electron chi connectivity index (χ0n) is 8.49. The molecule has 0 saturated carbocycles. The van der Waals surface area contributed by atoms with Gasteiger partial charge in [-0.15, -0.1) is 0 Å². The van der Waals surface area contributed by atoms with Gasteiger partial charge >= 0.3 is 0 Å². The van der Waals surface area contributed by atoms with Crippen LogP contribution < -0.4 is 11.5 Å². The van der Waals surface area contributed by atoms with Gasteiger partial charge in [0, 0.05) is 0 Å². The minimum absolute atomic E-state index is 0.207. The molecule has 0 saturated heterocycles. The molecule has 4 heteroatoms. The second-order valence-corrected chi connectivity index (χ2v) is 3.73. The van der Waals surface area contributed by atoms with Crippen molar-refractivity contribution in [2.24, 2.45) is 16.9 Å². The Kier molecular flexibility index (Phi) is 4.63. The summed E-state index contributed by atoms with van der Waals surface area (Å²) in [5, 5.41) is 0. The predicted octanol–water partition coefficient (Wildman–Crippen LogP) is 0.486. The maximum absolute atomic E-state index is 10.5. The molecule has 0 aliphatic rings. The van der Waals surface area contributed by atoms with Crippen molar-refractivity contribution in [3.63, 3.8) is 0 Å². The molecule has 0 bridgehead atoms. The van der Waals surface area contributed by atoms with Crippen LogP contribution in [0.3, 0.4) is 0 Å². The molecule has 0 radical (unpaired) electrons. The second-order valence-electron chi connectivity index (χ2n) is 3.73. The molecule has 0 aromatic heterocycles. The Hall–Kier alpha value is -1.58. The predicted molar refractivity (Wildman–Crippen MR) is 55.1 cm³/mol. The van der Waals surface area contributed by atoms with Crippen LogP contribution in [-0.4, -0.2) is 11.8 Å². The fourth-order valence-electron chi connectivity index (χ4n) is 0.855. The Labute approximate surface area is 83.6 Å². The lowest BCUT2D eigenvalue weighted by atomic mass is 9.88. The number of primary amides is 2. The molecule has 2 amide bonds. The average Bonchev–Trinajstić information content (AvgIpc) is 2.00. The van der Waals surface area contributed by atoms with Gasteiger partial charge in [0.05, 0.1) is 0 Å². The summed E-state index contributed by atoms with van der Waals surface area (Å²) in [6.45, 7) is 3.86. The highest BCUT2D eigenvalue weighted by molar-refractivity contribution is 5.86. The fourth-order valence-corrected chi connectivity index (χ4v) is 0.855. The van der Waals surface area contributed by atoms with Crippen LogP contribution in [0.1, 0.15) is 20.3 Å². The molecule has 0 aliphatic heterocycles. The Morgan fingerprint density at radius 1 is 1.14 bits per heavy atom.